The third-order valence-corrected chi connectivity index (χ3v) is 2.35. The average Bonchev–Trinajstić information content (AvgIpc) is 2.50. The van der Waals surface area contributed by atoms with Crippen LogP contribution < -0.4 is 10.2 Å². The molecule has 0 atom stereocenters. The zero-order valence-corrected chi connectivity index (χ0v) is 13.3. The Bertz CT molecular complexity index is 646. The molecule has 0 heterocycles. The summed E-state index contributed by atoms with van der Waals surface area (Å²) in [5.41, 5.74) is 1.03. The van der Waals surface area contributed by atoms with E-state index in [0.29, 0.717) is 0 Å². The normalized spacial score (nSPS) is 11.2. The number of amides is 1. The number of hydrogen-bond donors (Lipinski definition) is 1. The summed E-state index contributed by atoms with van der Waals surface area (Å²) in [5.74, 6) is -14.5. The Hall–Kier alpha value is -2.43. The SMILES string of the molecule is CC(C)(C)OC(=O)NOCCC(=O)Oc1c(F)c(F)c(F)c(F)c1F. The highest BCUT2D eigenvalue weighted by Gasteiger charge is 2.28. The van der Waals surface area contributed by atoms with E-state index in [0.717, 1.165) is 0 Å². The minimum Gasteiger partial charge on any atom is -0.442 e. The molecule has 11 heteroatoms. The van der Waals surface area contributed by atoms with Crippen molar-refractivity contribution in [2.45, 2.75) is 32.8 Å². The lowest BCUT2D eigenvalue weighted by Gasteiger charge is -2.19. The number of hydrogen-bond acceptors (Lipinski definition) is 5. The highest BCUT2D eigenvalue weighted by atomic mass is 19.2. The summed E-state index contributed by atoms with van der Waals surface area (Å²) >= 11 is 0. The number of esters is 1. The number of nitrogens with one attached hydrogen (secondary N) is 1. The highest BCUT2D eigenvalue weighted by Crippen LogP contribution is 2.29. The molecule has 0 saturated heterocycles. The first-order valence-corrected chi connectivity index (χ1v) is 6.77. The van der Waals surface area contributed by atoms with Crippen molar-refractivity contribution in [1.29, 1.82) is 0 Å². The minimum absolute atomic E-state index is 0.506. The van der Waals surface area contributed by atoms with Crippen LogP contribution in [0.2, 0.25) is 0 Å². The lowest BCUT2D eigenvalue weighted by molar-refractivity contribution is -0.136. The first kappa shape index (κ1) is 20.6. The summed E-state index contributed by atoms with van der Waals surface area (Å²) in [6.07, 6.45) is -1.62. The van der Waals surface area contributed by atoms with Gasteiger partial charge in [-0.25, -0.2) is 18.0 Å². The second-order valence-electron chi connectivity index (χ2n) is 5.58. The predicted octanol–water partition coefficient (Wildman–Crippen LogP) is 3.13. The van der Waals surface area contributed by atoms with Gasteiger partial charge < -0.3 is 9.47 Å². The van der Waals surface area contributed by atoms with Gasteiger partial charge in [0.25, 0.3) is 0 Å². The molecule has 1 aromatic carbocycles. The van der Waals surface area contributed by atoms with Gasteiger partial charge in [0.15, 0.2) is 0 Å². The molecule has 25 heavy (non-hydrogen) atoms. The van der Waals surface area contributed by atoms with E-state index in [2.05, 4.69) is 9.57 Å². The summed E-state index contributed by atoms with van der Waals surface area (Å²) in [5, 5.41) is 0. The smallest absolute Gasteiger partial charge is 0.431 e. The van der Waals surface area contributed by atoms with Gasteiger partial charge in [-0.05, 0) is 20.8 Å². The van der Waals surface area contributed by atoms with Crippen LogP contribution in [-0.2, 0) is 14.4 Å². The molecule has 1 aromatic rings. The predicted molar refractivity (Wildman–Crippen MR) is 71.8 cm³/mol. The zero-order chi connectivity index (χ0) is 19.4. The molecule has 0 aliphatic heterocycles. The van der Waals surface area contributed by atoms with Gasteiger partial charge >= 0.3 is 12.1 Å². The molecule has 0 aromatic heterocycles. The summed E-state index contributed by atoms with van der Waals surface area (Å²) in [4.78, 5) is 27.1. The van der Waals surface area contributed by atoms with Crippen molar-refractivity contribution in [1.82, 2.24) is 5.48 Å². The lowest BCUT2D eigenvalue weighted by atomic mass is 10.2. The van der Waals surface area contributed by atoms with Crippen molar-refractivity contribution < 1.29 is 45.9 Å². The van der Waals surface area contributed by atoms with Crippen molar-refractivity contribution in [2.24, 2.45) is 0 Å². The molecule has 0 saturated carbocycles. The number of carbonyl (C=O) groups excluding carboxylic acids is 2. The second kappa shape index (κ2) is 8.10. The monoisotopic (exact) mass is 371 g/mol. The number of hydroxylamine groups is 1. The third-order valence-electron chi connectivity index (χ3n) is 2.35. The number of benzene rings is 1. The molecule has 1 rings (SSSR count). The van der Waals surface area contributed by atoms with Crippen molar-refractivity contribution in [2.75, 3.05) is 6.61 Å². The van der Waals surface area contributed by atoms with Gasteiger partial charge in [-0.15, -0.1) is 0 Å². The van der Waals surface area contributed by atoms with E-state index in [-0.39, 0.29) is 0 Å². The molecule has 0 radical (unpaired) electrons. The number of halogens is 5. The van der Waals surface area contributed by atoms with E-state index in [9.17, 15) is 31.5 Å². The van der Waals surface area contributed by atoms with E-state index >= 15 is 0 Å². The van der Waals surface area contributed by atoms with Crippen LogP contribution in [0.1, 0.15) is 27.2 Å². The molecule has 1 N–H and O–H groups in total. The van der Waals surface area contributed by atoms with E-state index < -0.39 is 65.5 Å². The van der Waals surface area contributed by atoms with Crippen LogP contribution in [0.4, 0.5) is 26.7 Å². The van der Waals surface area contributed by atoms with Crippen molar-refractivity contribution in [3.8, 4) is 5.75 Å². The largest absolute Gasteiger partial charge is 0.442 e. The topological polar surface area (TPSA) is 73.9 Å². The van der Waals surface area contributed by atoms with Crippen LogP contribution in [0.15, 0.2) is 0 Å². The van der Waals surface area contributed by atoms with Crippen LogP contribution in [-0.4, -0.2) is 24.3 Å². The summed E-state index contributed by atoms with van der Waals surface area (Å²) in [7, 11) is 0. The first-order valence-electron chi connectivity index (χ1n) is 6.77. The van der Waals surface area contributed by atoms with E-state index in [1.807, 2.05) is 5.48 Å². The van der Waals surface area contributed by atoms with Crippen molar-refractivity contribution in [3.05, 3.63) is 29.1 Å². The number of rotatable bonds is 5. The Morgan fingerprint density at radius 1 is 0.920 bits per heavy atom. The maximum absolute atomic E-state index is 13.3. The fourth-order valence-electron chi connectivity index (χ4n) is 1.38. The standard InChI is InChI=1S/C14H14F5NO5/c1-14(2,3)25-13(22)20-23-5-4-6(21)24-12-10(18)8(16)7(15)9(17)11(12)19/h4-5H2,1-3H3,(H,20,22). The molecule has 6 nitrogen and oxygen atoms in total. The Balaban J connectivity index is 2.55. The molecule has 0 unspecified atom stereocenters. The van der Waals surface area contributed by atoms with Gasteiger partial charge in [-0.2, -0.15) is 14.3 Å². The van der Waals surface area contributed by atoms with Gasteiger partial charge in [0.2, 0.25) is 34.8 Å². The summed E-state index contributed by atoms with van der Waals surface area (Å²) in [6, 6.07) is 0. The molecule has 0 bridgehead atoms. The Labute approximate surface area is 138 Å². The van der Waals surface area contributed by atoms with E-state index in [1.54, 1.807) is 20.8 Å². The summed E-state index contributed by atoms with van der Waals surface area (Å²) in [6.45, 7) is 4.27. The summed E-state index contributed by atoms with van der Waals surface area (Å²) < 4.78 is 74.3. The lowest BCUT2D eigenvalue weighted by Crippen LogP contribution is -2.33. The Morgan fingerprint density at radius 2 is 1.40 bits per heavy atom. The van der Waals surface area contributed by atoms with Gasteiger partial charge in [-0.1, -0.05) is 0 Å². The van der Waals surface area contributed by atoms with Crippen LogP contribution in [0.5, 0.6) is 5.75 Å². The Morgan fingerprint density at radius 3 is 1.88 bits per heavy atom. The fourth-order valence-corrected chi connectivity index (χ4v) is 1.38. The van der Waals surface area contributed by atoms with Crippen molar-refractivity contribution in [3.63, 3.8) is 0 Å². The zero-order valence-electron chi connectivity index (χ0n) is 13.3. The van der Waals surface area contributed by atoms with Crippen molar-refractivity contribution >= 4 is 12.1 Å². The molecule has 0 aliphatic rings. The molecule has 140 valence electrons. The van der Waals surface area contributed by atoms with Gasteiger partial charge in [0.05, 0.1) is 13.0 Å². The maximum atomic E-state index is 13.3. The third kappa shape index (κ3) is 5.85. The highest BCUT2D eigenvalue weighted by molar-refractivity contribution is 5.72. The molecule has 1 amide bonds. The quantitative estimate of drug-likeness (QED) is 0.164. The van der Waals surface area contributed by atoms with Crippen LogP contribution in [0.25, 0.3) is 0 Å². The van der Waals surface area contributed by atoms with Crippen LogP contribution in [0.3, 0.4) is 0 Å². The number of carbonyl (C=O) groups is 2. The minimum atomic E-state index is -2.38. The molecule has 0 aliphatic carbocycles. The van der Waals surface area contributed by atoms with Gasteiger partial charge in [0.1, 0.15) is 5.60 Å². The maximum Gasteiger partial charge on any atom is 0.431 e. The average molecular weight is 371 g/mol. The van der Waals surface area contributed by atoms with E-state index in [4.69, 9.17) is 4.74 Å². The molecular formula is C14H14F5NO5. The Kier molecular flexibility index (Phi) is 6.68. The first-order chi connectivity index (χ1) is 11.4. The molecular weight excluding hydrogens is 357 g/mol. The molecule has 0 fully saturated rings. The van der Waals surface area contributed by atoms with Gasteiger partial charge in [-0.3, -0.25) is 9.63 Å². The van der Waals surface area contributed by atoms with Gasteiger partial charge in [0, 0.05) is 0 Å². The fraction of sp³-hybridized carbons (Fsp3) is 0.429. The van der Waals surface area contributed by atoms with Crippen LogP contribution >= 0.6 is 0 Å². The second-order valence-corrected chi connectivity index (χ2v) is 5.58. The number of ether oxygens (including phenoxy) is 2. The van der Waals surface area contributed by atoms with E-state index in [1.165, 1.54) is 0 Å². The van der Waals surface area contributed by atoms with Crippen LogP contribution in [0, 0.1) is 29.1 Å². The molecule has 0 spiro atoms.